The molecule has 3 nitrogen and oxygen atoms in total. The molecule has 0 aliphatic carbocycles. The van der Waals surface area contributed by atoms with E-state index in [0.29, 0.717) is 13.0 Å². The van der Waals surface area contributed by atoms with Gasteiger partial charge in [-0.25, -0.2) is 0 Å². The van der Waals surface area contributed by atoms with Gasteiger partial charge in [-0.1, -0.05) is 54.1 Å². The first kappa shape index (κ1) is 18.2. The van der Waals surface area contributed by atoms with Gasteiger partial charge in [0, 0.05) is 19.0 Å². The molecule has 1 amide bonds. The van der Waals surface area contributed by atoms with Gasteiger partial charge in [0.2, 0.25) is 5.91 Å². The lowest BCUT2D eigenvalue weighted by molar-refractivity contribution is -0.121. The Morgan fingerprint density at radius 3 is 2.45 bits per heavy atom. The molecule has 0 saturated carbocycles. The average Bonchev–Trinajstić information content (AvgIpc) is 2.47. The molecule has 0 aromatic heterocycles. The van der Waals surface area contributed by atoms with Crippen molar-refractivity contribution in [3.8, 4) is 0 Å². The minimum atomic E-state index is -0.259. The second-order valence-electron chi connectivity index (χ2n) is 5.43. The van der Waals surface area contributed by atoms with Crippen LogP contribution in [0.2, 0.25) is 0 Å². The van der Waals surface area contributed by atoms with Crippen molar-refractivity contribution in [3.63, 3.8) is 0 Å². The van der Waals surface area contributed by atoms with Crippen LogP contribution in [0.1, 0.15) is 34.7 Å². The van der Waals surface area contributed by atoms with Gasteiger partial charge in [0.15, 0.2) is 0 Å². The molecule has 1 atom stereocenters. The Kier molecular flexibility index (Phi) is 7.09. The zero-order valence-corrected chi connectivity index (χ0v) is 13.8. The van der Waals surface area contributed by atoms with Crippen LogP contribution in [0.4, 0.5) is 0 Å². The molecule has 2 rings (SSSR count). The van der Waals surface area contributed by atoms with Gasteiger partial charge < -0.3 is 11.1 Å². The van der Waals surface area contributed by atoms with Gasteiger partial charge in [-0.3, -0.25) is 4.79 Å². The van der Waals surface area contributed by atoms with E-state index in [1.165, 1.54) is 11.1 Å². The number of amides is 1. The van der Waals surface area contributed by atoms with Crippen LogP contribution in [-0.4, -0.2) is 5.91 Å². The summed E-state index contributed by atoms with van der Waals surface area (Å²) in [4.78, 5) is 12.0. The van der Waals surface area contributed by atoms with E-state index >= 15 is 0 Å². The van der Waals surface area contributed by atoms with Crippen molar-refractivity contribution in [2.75, 3.05) is 0 Å². The number of hydrogen-bond acceptors (Lipinski definition) is 2. The van der Waals surface area contributed by atoms with Crippen molar-refractivity contribution in [1.29, 1.82) is 0 Å². The lowest BCUT2D eigenvalue weighted by Crippen LogP contribution is -2.27. The Balaban J connectivity index is 0.00000242. The molecule has 0 spiro atoms. The summed E-state index contributed by atoms with van der Waals surface area (Å²) in [5.41, 5.74) is 10.6. The summed E-state index contributed by atoms with van der Waals surface area (Å²) in [5.74, 6) is -0.0219. The maximum Gasteiger partial charge on any atom is 0.222 e. The molecule has 22 heavy (non-hydrogen) atoms. The maximum atomic E-state index is 12.0. The first-order chi connectivity index (χ1) is 10.1. The van der Waals surface area contributed by atoms with Crippen molar-refractivity contribution in [2.24, 2.45) is 5.73 Å². The van der Waals surface area contributed by atoms with E-state index in [-0.39, 0.29) is 24.4 Å². The fraction of sp³-hybridized carbons (Fsp3) is 0.278. The fourth-order valence-electron chi connectivity index (χ4n) is 2.33. The van der Waals surface area contributed by atoms with E-state index in [0.717, 1.165) is 11.1 Å². The Morgan fingerprint density at radius 1 is 1.14 bits per heavy atom. The quantitative estimate of drug-likeness (QED) is 0.887. The fourth-order valence-corrected chi connectivity index (χ4v) is 2.33. The van der Waals surface area contributed by atoms with E-state index in [1.807, 2.05) is 30.3 Å². The minimum absolute atomic E-state index is 0. The molecule has 3 N–H and O–H groups in total. The zero-order valence-electron chi connectivity index (χ0n) is 13.0. The van der Waals surface area contributed by atoms with E-state index in [4.69, 9.17) is 5.73 Å². The van der Waals surface area contributed by atoms with Crippen LogP contribution in [0.15, 0.2) is 48.5 Å². The number of benzene rings is 2. The number of carbonyl (C=O) groups is 1. The molecule has 0 saturated heterocycles. The first-order valence-electron chi connectivity index (χ1n) is 7.19. The average molecular weight is 319 g/mol. The normalized spacial score (nSPS) is 11.4. The van der Waals surface area contributed by atoms with E-state index in [1.54, 1.807) is 0 Å². The lowest BCUT2D eigenvalue weighted by atomic mass is 10.0. The SMILES string of the molecule is Cc1ccc(CNC(=O)CC(N)c2ccccc2)c(C)c1.Cl. The summed E-state index contributed by atoms with van der Waals surface area (Å²) in [7, 11) is 0. The summed E-state index contributed by atoms with van der Waals surface area (Å²) >= 11 is 0. The van der Waals surface area contributed by atoms with Crippen LogP contribution in [0.25, 0.3) is 0 Å². The van der Waals surface area contributed by atoms with Gasteiger partial charge in [-0.15, -0.1) is 12.4 Å². The van der Waals surface area contributed by atoms with Crippen molar-refractivity contribution in [3.05, 3.63) is 70.8 Å². The molecular formula is C18H23ClN2O. The standard InChI is InChI=1S/C18H22N2O.ClH/c1-13-8-9-16(14(2)10-13)12-20-18(21)11-17(19)15-6-4-3-5-7-15;/h3-10,17H,11-12,19H2,1-2H3,(H,20,21);1H. The molecule has 0 aliphatic rings. The highest BCUT2D eigenvalue weighted by Gasteiger charge is 2.11. The maximum absolute atomic E-state index is 12.0. The van der Waals surface area contributed by atoms with Crippen molar-refractivity contribution >= 4 is 18.3 Å². The molecule has 0 radical (unpaired) electrons. The third kappa shape index (κ3) is 5.17. The first-order valence-corrected chi connectivity index (χ1v) is 7.19. The molecule has 0 fully saturated rings. The number of hydrogen-bond donors (Lipinski definition) is 2. The minimum Gasteiger partial charge on any atom is -0.352 e. The van der Waals surface area contributed by atoms with Crippen molar-refractivity contribution in [1.82, 2.24) is 5.32 Å². The highest BCUT2D eigenvalue weighted by atomic mass is 35.5. The van der Waals surface area contributed by atoms with Gasteiger partial charge >= 0.3 is 0 Å². The smallest absolute Gasteiger partial charge is 0.222 e. The third-order valence-corrected chi connectivity index (χ3v) is 3.61. The summed E-state index contributed by atoms with van der Waals surface area (Å²) in [6, 6.07) is 15.7. The summed E-state index contributed by atoms with van der Waals surface area (Å²) in [6.45, 7) is 4.67. The highest BCUT2D eigenvalue weighted by molar-refractivity contribution is 5.85. The van der Waals surface area contributed by atoms with Gasteiger partial charge in [-0.2, -0.15) is 0 Å². The number of aryl methyl sites for hydroxylation is 2. The Morgan fingerprint density at radius 2 is 1.82 bits per heavy atom. The molecular weight excluding hydrogens is 296 g/mol. The molecule has 1 unspecified atom stereocenters. The second kappa shape index (κ2) is 8.57. The Labute approximate surface area is 138 Å². The van der Waals surface area contributed by atoms with Crippen molar-refractivity contribution < 1.29 is 4.79 Å². The van der Waals surface area contributed by atoms with Gasteiger partial charge in [0.05, 0.1) is 0 Å². The van der Waals surface area contributed by atoms with Crippen LogP contribution < -0.4 is 11.1 Å². The molecule has 2 aromatic carbocycles. The van der Waals surface area contributed by atoms with E-state index < -0.39 is 0 Å². The number of halogens is 1. The Bertz CT molecular complexity index is 614. The van der Waals surface area contributed by atoms with Crippen LogP contribution in [0.5, 0.6) is 0 Å². The molecule has 0 heterocycles. The van der Waals surface area contributed by atoms with E-state index in [2.05, 4.69) is 37.4 Å². The monoisotopic (exact) mass is 318 g/mol. The summed E-state index contributed by atoms with van der Waals surface area (Å²) in [6.07, 6.45) is 0.301. The largest absolute Gasteiger partial charge is 0.352 e. The number of nitrogens with two attached hydrogens (primary N) is 1. The van der Waals surface area contributed by atoms with Gasteiger partial charge in [0.25, 0.3) is 0 Å². The highest BCUT2D eigenvalue weighted by Crippen LogP contribution is 2.14. The Hall–Kier alpha value is -1.84. The molecule has 4 heteroatoms. The molecule has 118 valence electrons. The van der Waals surface area contributed by atoms with Gasteiger partial charge in [-0.05, 0) is 30.5 Å². The molecule has 2 aromatic rings. The molecule has 0 bridgehead atoms. The third-order valence-electron chi connectivity index (χ3n) is 3.61. The number of nitrogens with one attached hydrogen (secondary N) is 1. The van der Waals surface area contributed by atoms with Crippen LogP contribution >= 0.6 is 12.4 Å². The van der Waals surface area contributed by atoms with Crippen LogP contribution in [-0.2, 0) is 11.3 Å². The predicted octanol–water partition coefficient (Wildman–Crippen LogP) is 3.43. The second-order valence-corrected chi connectivity index (χ2v) is 5.43. The van der Waals surface area contributed by atoms with E-state index in [9.17, 15) is 4.79 Å². The molecule has 0 aliphatic heterocycles. The lowest BCUT2D eigenvalue weighted by Gasteiger charge is -2.13. The van der Waals surface area contributed by atoms with Gasteiger partial charge in [0.1, 0.15) is 0 Å². The number of carbonyl (C=O) groups excluding carboxylic acids is 1. The summed E-state index contributed by atoms with van der Waals surface area (Å²) < 4.78 is 0. The summed E-state index contributed by atoms with van der Waals surface area (Å²) in [5, 5.41) is 2.94. The van der Waals surface area contributed by atoms with Crippen LogP contribution in [0, 0.1) is 13.8 Å². The topological polar surface area (TPSA) is 55.1 Å². The van der Waals surface area contributed by atoms with Crippen molar-refractivity contribution in [2.45, 2.75) is 32.9 Å². The number of rotatable bonds is 5. The van der Waals surface area contributed by atoms with Crippen LogP contribution in [0.3, 0.4) is 0 Å². The predicted molar refractivity (Wildman–Crippen MR) is 93.0 cm³/mol. The zero-order chi connectivity index (χ0) is 15.2.